The van der Waals surface area contributed by atoms with Crippen molar-refractivity contribution in [2.45, 2.75) is 19.4 Å². The average molecular weight is 265 g/mol. The molecule has 0 unspecified atom stereocenters. The highest BCUT2D eigenvalue weighted by Gasteiger charge is 2.19. The molecule has 0 bridgehead atoms. The number of carbonyl (C=O) groups excluding carboxylic acids is 1. The molecule has 1 aliphatic rings. The summed E-state index contributed by atoms with van der Waals surface area (Å²) in [5.41, 5.74) is 7.04. The van der Waals surface area contributed by atoms with E-state index >= 15 is 0 Å². The molecule has 0 radical (unpaired) electrons. The fourth-order valence-electron chi connectivity index (χ4n) is 2.35. The fourth-order valence-corrected chi connectivity index (χ4v) is 2.35. The van der Waals surface area contributed by atoms with Crippen LogP contribution in [0.4, 0.5) is 10.1 Å². The summed E-state index contributed by atoms with van der Waals surface area (Å²) in [4.78, 5) is 15.8. The number of halogens is 1. The summed E-state index contributed by atoms with van der Waals surface area (Å²) < 4.78 is 12.9. The third-order valence-corrected chi connectivity index (χ3v) is 3.41. The highest BCUT2D eigenvalue weighted by Crippen LogP contribution is 2.15. The molecule has 1 saturated heterocycles. The number of rotatable bonds is 4. The Balaban J connectivity index is 1.89. The van der Waals surface area contributed by atoms with E-state index in [1.807, 2.05) is 16.8 Å². The van der Waals surface area contributed by atoms with E-state index in [9.17, 15) is 9.18 Å². The molecule has 0 aromatic heterocycles. The Morgan fingerprint density at radius 2 is 2.11 bits per heavy atom. The molecule has 19 heavy (non-hydrogen) atoms. The molecular formula is C14H20FN3O. The summed E-state index contributed by atoms with van der Waals surface area (Å²) in [6.07, 6.45) is 2.20. The zero-order valence-corrected chi connectivity index (χ0v) is 11.2. The number of nitrogens with zero attached hydrogens (tertiary/aromatic N) is 2. The molecule has 0 aliphatic carbocycles. The molecule has 104 valence electrons. The predicted molar refractivity (Wildman–Crippen MR) is 73.0 cm³/mol. The van der Waals surface area contributed by atoms with Crippen molar-refractivity contribution in [1.82, 2.24) is 9.80 Å². The van der Waals surface area contributed by atoms with E-state index in [1.165, 1.54) is 12.1 Å². The first-order valence-corrected chi connectivity index (χ1v) is 6.56. The van der Waals surface area contributed by atoms with Crippen LogP contribution in [0, 0.1) is 5.82 Å². The molecular weight excluding hydrogens is 245 g/mol. The molecule has 1 heterocycles. The van der Waals surface area contributed by atoms with Gasteiger partial charge in [0.05, 0.1) is 6.54 Å². The molecule has 1 aromatic carbocycles. The molecule has 2 rings (SSSR count). The number of amides is 1. The van der Waals surface area contributed by atoms with Crippen LogP contribution in [0.1, 0.15) is 18.4 Å². The van der Waals surface area contributed by atoms with Crippen LogP contribution < -0.4 is 5.73 Å². The van der Waals surface area contributed by atoms with Gasteiger partial charge in [-0.3, -0.25) is 9.69 Å². The minimum atomic E-state index is -0.336. The van der Waals surface area contributed by atoms with Crippen molar-refractivity contribution in [2.24, 2.45) is 0 Å². The van der Waals surface area contributed by atoms with Crippen LogP contribution in [0.3, 0.4) is 0 Å². The normalized spacial score (nSPS) is 15.2. The SMILES string of the molecule is CN(CC(=O)N1CCCC1)Cc1ccc(F)cc1N. The Kier molecular flexibility index (Phi) is 4.37. The number of likely N-dealkylation sites (N-methyl/N-ethyl adjacent to an activating group) is 1. The molecule has 1 amide bonds. The first kappa shape index (κ1) is 13.8. The van der Waals surface area contributed by atoms with Gasteiger partial charge in [0.15, 0.2) is 0 Å². The predicted octanol–water partition coefficient (Wildman–Crippen LogP) is 1.46. The van der Waals surface area contributed by atoms with Gasteiger partial charge in [-0.2, -0.15) is 0 Å². The second-order valence-electron chi connectivity index (χ2n) is 5.10. The topological polar surface area (TPSA) is 49.6 Å². The van der Waals surface area contributed by atoms with Crippen LogP contribution >= 0.6 is 0 Å². The lowest BCUT2D eigenvalue weighted by Gasteiger charge is -2.21. The van der Waals surface area contributed by atoms with Gasteiger partial charge < -0.3 is 10.6 Å². The second kappa shape index (κ2) is 6.02. The van der Waals surface area contributed by atoms with Crippen molar-refractivity contribution in [2.75, 3.05) is 32.4 Å². The third kappa shape index (κ3) is 3.67. The Morgan fingerprint density at radius 1 is 1.42 bits per heavy atom. The maximum atomic E-state index is 12.9. The van der Waals surface area contributed by atoms with Crippen molar-refractivity contribution >= 4 is 11.6 Å². The van der Waals surface area contributed by atoms with E-state index in [2.05, 4.69) is 0 Å². The van der Waals surface area contributed by atoms with E-state index in [0.29, 0.717) is 18.8 Å². The lowest BCUT2D eigenvalue weighted by molar-refractivity contribution is -0.131. The van der Waals surface area contributed by atoms with Crippen LogP contribution in [-0.2, 0) is 11.3 Å². The number of nitrogens with two attached hydrogens (primary N) is 1. The highest BCUT2D eigenvalue weighted by atomic mass is 19.1. The number of hydrogen-bond acceptors (Lipinski definition) is 3. The maximum Gasteiger partial charge on any atom is 0.236 e. The van der Waals surface area contributed by atoms with Crippen molar-refractivity contribution in [3.63, 3.8) is 0 Å². The summed E-state index contributed by atoms with van der Waals surface area (Å²) in [7, 11) is 1.87. The van der Waals surface area contributed by atoms with Gasteiger partial charge >= 0.3 is 0 Å². The zero-order chi connectivity index (χ0) is 13.8. The van der Waals surface area contributed by atoms with Gasteiger partial charge in [0.1, 0.15) is 5.82 Å². The molecule has 4 nitrogen and oxygen atoms in total. The van der Waals surface area contributed by atoms with Crippen molar-refractivity contribution in [3.8, 4) is 0 Å². The first-order chi connectivity index (χ1) is 9.06. The fraction of sp³-hybridized carbons (Fsp3) is 0.500. The van der Waals surface area contributed by atoms with E-state index in [4.69, 9.17) is 5.73 Å². The smallest absolute Gasteiger partial charge is 0.236 e. The van der Waals surface area contributed by atoms with Gasteiger partial charge in [-0.1, -0.05) is 6.07 Å². The van der Waals surface area contributed by atoms with E-state index in [-0.39, 0.29) is 11.7 Å². The molecule has 1 aliphatic heterocycles. The monoisotopic (exact) mass is 265 g/mol. The second-order valence-corrected chi connectivity index (χ2v) is 5.10. The number of carbonyl (C=O) groups is 1. The van der Waals surface area contributed by atoms with Gasteiger partial charge in [-0.15, -0.1) is 0 Å². The summed E-state index contributed by atoms with van der Waals surface area (Å²) in [6, 6.07) is 4.37. The van der Waals surface area contributed by atoms with Crippen LogP contribution in [-0.4, -0.2) is 42.4 Å². The van der Waals surface area contributed by atoms with Crippen LogP contribution in [0.15, 0.2) is 18.2 Å². The number of likely N-dealkylation sites (tertiary alicyclic amines) is 1. The van der Waals surface area contributed by atoms with Crippen molar-refractivity contribution in [3.05, 3.63) is 29.6 Å². The minimum Gasteiger partial charge on any atom is -0.398 e. The molecule has 0 atom stereocenters. The van der Waals surface area contributed by atoms with E-state index < -0.39 is 0 Å². The molecule has 0 spiro atoms. The quantitative estimate of drug-likeness (QED) is 0.839. The van der Waals surface area contributed by atoms with Crippen LogP contribution in [0.2, 0.25) is 0 Å². The summed E-state index contributed by atoms with van der Waals surface area (Å²) in [6.45, 7) is 2.65. The standard InChI is InChI=1S/C14H20FN3O/c1-17(10-14(19)18-6-2-3-7-18)9-11-4-5-12(15)8-13(11)16/h4-5,8H,2-3,6-7,9-10,16H2,1H3. The minimum absolute atomic E-state index is 0.153. The van der Waals surface area contributed by atoms with Crippen molar-refractivity contribution in [1.29, 1.82) is 0 Å². The largest absolute Gasteiger partial charge is 0.398 e. The summed E-state index contributed by atoms with van der Waals surface area (Å²) >= 11 is 0. The van der Waals surface area contributed by atoms with Gasteiger partial charge in [-0.25, -0.2) is 4.39 Å². The molecule has 2 N–H and O–H groups in total. The van der Waals surface area contributed by atoms with E-state index in [0.717, 1.165) is 31.5 Å². The average Bonchev–Trinajstić information content (AvgIpc) is 2.86. The van der Waals surface area contributed by atoms with Gasteiger partial charge in [0.2, 0.25) is 5.91 Å². The van der Waals surface area contributed by atoms with Gasteiger partial charge in [-0.05, 0) is 37.6 Å². The lowest BCUT2D eigenvalue weighted by Crippen LogP contribution is -2.37. The first-order valence-electron chi connectivity index (χ1n) is 6.56. The van der Waals surface area contributed by atoms with Gasteiger partial charge in [0.25, 0.3) is 0 Å². The zero-order valence-electron chi connectivity index (χ0n) is 11.2. The van der Waals surface area contributed by atoms with E-state index in [1.54, 1.807) is 6.07 Å². The Morgan fingerprint density at radius 3 is 2.74 bits per heavy atom. The Bertz CT molecular complexity index is 458. The number of hydrogen-bond donors (Lipinski definition) is 1. The highest BCUT2D eigenvalue weighted by molar-refractivity contribution is 5.78. The molecule has 5 heteroatoms. The number of benzene rings is 1. The number of anilines is 1. The molecule has 1 aromatic rings. The van der Waals surface area contributed by atoms with Crippen molar-refractivity contribution < 1.29 is 9.18 Å². The van der Waals surface area contributed by atoms with Crippen LogP contribution in [0.5, 0.6) is 0 Å². The lowest BCUT2D eigenvalue weighted by atomic mass is 10.1. The van der Waals surface area contributed by atoms with Crippen LogP contribution in [0.25, 0.3) is 0 Å². The molecule has 0 saturated carbocycles. The third-order valence-electron chi connectivity index (χ3n) is 3.41. The number of nitrogen functional groups attached to an aromatic ring is 1. The van der Waals surface area contributed by atoms with Gasteiger partial charge in [0, 0.05) is 25.3 Å². The summed E-state index contributed by atoms with van der Waals surface area (Å²) in [5.74, 6) is -0.183. The summed E-state index contributed by atoms with van der Waals surface area (Å²) in [5, 5.41) is 0. The maximum absolute atomic E-state index is 12.9. The Hall–Kier alpha value is -1.62. The Labute approximate surface area is 113 Å². The molecule has 1 fully saturated rings.